The highest BCUT2D eigenvalue weighted by Gasteiger charge is 2.18. The third-order valence-corrected chi connectivity index (χ3v) is 3.61. The molecular weight excluding hydrogens is 272 g/mol. The van der Waals surface area contributed by atoms with Gasteiger partial charge in [0.1, 0.15) is 11.3 Å². The first-order chi connectivity index (χ1) is 10.1. The van der Waals surface area contributed by atoms with Crippen LogP contribution in [-0.2, 0) is 9.47 Å². The fourth-order valence-electron chi connectivity index (χ4n) is 2.27. The van der Waals surface area contributed by atoms with Crippen LogP contribution in [0.3, 0.4) is 0 Å². The van der Waals surface area contributed by atoms with Crippen LogP contribution < -0.4 is 4.74 Å². The SMILES string of the molecule is COC(=O)c1cc(C(C)=O)ccc1OCC1CCOCC1. The molecule has 0 aromatic heterocycles. The minimum Gasteiger partial charge on any atom is -0.492 e. The molecule has 1 aliphatic rings. The van der Waals surface area contributed by atoms with Gasteiger partial charge in [-0.15, -0.1) is 0 Å². The molecule has 0 saturated carbocycles. The minimum absolute atomic E-state index is 0.101. The second-order valence-electron chi connectivity index (χ2n) is 5.13. The third-order valence-electron chi connectivity index (χ3n) is 3.61. The average Bonchev–Trinajstić information content (AvgIpc) is 2.52. The van der Waals surface area contributed by atoms with Crippen molar-refractivity contribution in [2.24, 2.45) is 5.92 Å². The Labute approximate surface area is 124 Å². The Morgan fingerprint density at radius 1 is 1.29 bits per heavy atom. The van der Waals surface area contributed by atoms with Crippen molar-refractivity contribution < 1.29 is 23.8 Å². The van der Waals surface area contributed by atoms with Crippen molar-refractivity contribution in [1.29, 1.82) is 0 Å². The predicted octanol–water partition coefficient (Wildman–Crippen LogP) is 2.48. The standard InChI is InChI=1S/C16H20O5/c1-11(17)13-3-4-15(14(9-13)16(18)19-2)21-10-12-5-7-20-8-6-12/h3-4,9,12H,5-8,10H2,1-2H3. The molecule has 0 bridgehead atoms. The number of ether oxygens (including phenoxy) is 3. The molecule has 1 aromatic carbocycles. The fourth-order valence-corrected chi connectivity index (χ4v) is 2.27. The number of hydrogen-bond donors (Lipinski definition) is 0. The smallest absolute Gasteiger partial charge is 0.341 e. The Morgan fingerprint density at radius 2 is 2.00 bits per heavy atom. The van der Waals surface area contributed by atoms with Gasteiger partial charge in [0.2, 0.25) is 0 Å². The summed E-state index contributed by atoms with van der Waals surface area (Å²) < 4.78 is 15.8. The number of ketones is 1. The summed E-state index contributed by atoms with van der Waals surface area (Å²) in [6.45, 7) is 3.49. The first-order valence-corrected chi connectivity index (χ1v) is 7.05. The van der Waals surface area contributed by atoms with E-state index in [1.54, 1.807) is 12.1 Å². The van der Waals surface area contributed by atoms with Crippen LogP contribution in [-0.4, -0.2) is 38.7 Å². The molecule has 0 amide bonds. The highest BCUT2D eigenvalue weighted by molar-refractivity contribution is 5.99. The van der Waals surface area contributed by atoms with Crippen molar-refractivity contribution in [2.75, 3.05) is 26.9 Å². The first-order valence-electron chi connectivity index (χ1n) is 7.05. The van der Waals surface area contributed by atoms with Gasteiger partial charge in [-0.1, -0.05) is 0 Å². The van der Waals surface area contributed by atoms with E-state index in [0.717, 1.165) is 26.1 Å². The molecule has 1 aromatic rings. The van der Waals surface area contributed by atoms with Crippen LogP contribution in [0.1, 0.15) is 40.5 Å². The zero-order valence-electron chi connectivity index (χ0n) is 12.4. The summed E-state index contributed by atoms with van der Waals surface area (Å²) in [4.78, 5) is 23.2. The van der Waals surface area contributed by atoms with Gasteiger partial charge >= 0.3 is 5.97 Å². The average molecular weight is 292 g/mol. The van der Waals surface area contributed by atoms with Gasteiger partial charge in [-0.3, -0.25) is 4.79 Å². The first kappa shape index (κ1) is 15.5. The molecule has 2 rings (SSSR count). The van der Waals surface area contributed by atoms with Crippen molar-refractivity contribution in [3.05, 3.63) is 29.3 Å². The van der Waals surface area contributed by atoms with Gasteiger partial charge in [0.15, 0.2) is 5.78 Å². The highest BCUT2D eigenvalue weighted by atomic mass is 16.5. The van der Waals surface area contributed by atoms with Crippen molar-refractivity contribution >= 4 is 11.8 Å². The maximum Gasteiger partial charge on any atom is 0.341 e. The fraction of sp³-hybridized carbons (Fsp3) is 0.500. The molecule has 5 heteroatoms. The predicted molar refractivity (Wildman–Crippen MR) is 76.8 cm³/mol. The summed E-state index contributed by atoms with van der Waals surface area (Å²) in [6.07, 6.45) is 1.91. The van der Waals surface area contributed by atoms with Crippen LogP contribution in [0.5, 0.6) is 5.75 Å². The third kappa shape index (κ3) is 4.04. The van der Waals surface area contributed by atoms with E-state index in [0.29, 0.717) is 23.8 Å². The molecule has 1 fully saturated rings. The van der Waals surface area contributed by atoms with Crippen LogP contribution in [0.25, 0.3) is 0 Å². The Bertz CT molecular complexity index is 517. The van der Waals surface area contributed by atoms with Gasteiger partial charge in [-0.2, -0.15) is 0 Å². The summed E-state index contributed by atoms with van der Waals surface area (Å²) >= 11 is 0. The molecule has 1 aliphatic heterocycles. The number of benzene rings is 1. The van der Waals surface area contributed by atoms with E-state index >= 15 is 0 Å². The number of carbonyl (C=O) groups excluding carboxylic acids is 2. The molecule has 0 radical (unpaired) electrons. The number of carbonyl (C=O) groups is 2. The monoisotopic (exact) mass is 292 g/mol. The summed E-state index contributed by atoms with van der Waals surface area (Å²) in [5, 5.41) is 0. The Balaban J connectivity index is 2.13. The van der Waals surface area contributed by atoms with E-state index in [9.17, 15) is 9.59 Å². The molecule has 0 unspecified atom stereocenters. The summed E-state index contributed by atoms with van der Waals surface area (Å²) in [5.74, 6) is 0.284. The van der Waals surface area contributed by atoms with E-state index in [-0.39, 0.29) is 11.3 Å². The van der Waals surface area contributed by atoms with Gasteiger partial charge in [0.25, 0.3) is 0 Å². The lowest BCUT2D eigenvalue weighted by atomic mass is 10.0. The van der Waals surface area contributed by atoms with Crippen LogP contribution in [0.4, 0.5) is 0 Å². The van der Waals surface area contributed by atoms with E-state index in [1.165, 1.54) is 20.1 Å². The quantitative estimate of drug-likeness (QED) is 0.616. The lowest BCUT2D eigenvalue weighted by molar-refractivity contribution is 0.0483. The topological polar surface area (TPSA) is 61.8 Å². The van der Waals surface area contributed by atoms with Crippen molar-refractivity contribution in [3.8, 4) is 5.75 Å². The molecule has 1 heterocycles. The molecule has 0 atom stereocenters. The van der Waals surface area contributed by atoms with E-state index < -0.39 is 5.97 Å². The number of methoxy groups -OCH3 is 1. The normalized spacial score (nSPS) is 15.5. The van der Waals surface area contributed by atoms with Crippen LogP contribution in [0.15, 0.2) is 18.2 Å². The second kappa shape index (κ2) is 7.22. The van der Waals surface area contributed by atoms with Crippen LogP contribution in [0, 0.1) is 5.92 Å². The molecule has 0 aliphatic carbocycles. The van der Waals surface area contributed by atoms with Crippen LogP contribution >= 0.6 is 0 Å². The second-order valence-corrected chi connectivity index (χ2v) is 5.13. The van der Waals surface area contributed by atoms with Gasteiger partial charge in [-0.25, -0.2) is 4.79 Å². The minimum atomic E-state index is -0.500. The van der Waals surface area contributed by atoms with Crippen molar-refractivity contribution in [3.63, 3.8) is 0 Å². The van der Waals surface area contributed by atoms with Crippen LogP contribution in [0.2, 0.25) is 0 Å². The lowest BCUT2D eigenvalue weighted by Crippen LogP contribution is -2.22. The molecule has 114 valence electrons. The van der Waals surface area contributed by atoms with Gasteiger partial charge in [0.05, 0.1) is 13.7 Å². The highest BCUT2D eigenvalue weighted by Crippen LogP contribution is 2.24. The van der Waals surface area contributed by atoms with Crippen molar-refractivity contribution in [2.45, 2.75) is 19.8 Å². The number of Topliss-reactive ketones (excluding diaryl/α,β-unsaturated/α-hetero) is 1. The molecule has 5 nitrogen and oxygen atoms in total. The zero-order chi connectivity index (χ0) is 15.2. The molecule has 1 saturated heterocycles. The Hall–Kier alpha value is -1.88. The van der Waals surface area contributed by atoms with E-state index in [2.05, 4.69) is 0 Å². The number of esters is 1. The molecule has 21 heavy (non-hydrogen) atoms. The molecular formula is C16H20O5. The largest absolute Gasteiger partial charge is 0.492 e. The maximum absolute atomic E-state index is 11.8. The lowest BCUT2D eigenvalue weighted by Gasteiger charge is -2.22. The number of rotatable bonds is 5. The molecule has 0 N–H and O–H groups in total. The summed E-state index contributed by atoms with van der Waals surface area (Å²) in [6, 6.07) is 4.84. The van der Waals surface area contributed by atoms with Gasteiger partial charge < -0.3 is 14.2 Å². The van der Waals surface area contributed by atoms with Crippen molar-refractivity contribution in [1.82, 2.24) is 0 Å². The Kier molecular flexibility index (Phi) is 5.33. The van der Waals surface area contributed by atoms with E-state index in [4.69, 9.17) is 14.2 Å². The molecule has 0 spiro atoms. The maximum atomic E-state index is 11.8. The zero-order valence-corrected chi connectivity index (χ0v) is 12.4. The van der Waals surface area contributed by atoms with Gasteiger partial charge in [-0.05, 0) is 43.9 Å². The van der Waals surface area contributed by atoms with E-state index in [1.807, 2.05) is 0 Å². The summed E-state index contributed by atoms with van der Waals surface area (Å²) in [5.41, 5.74) is 0.756. The number of hydrogen-bond acceptors (Lipinski definition) is 5. The Morgan fingerprint density at radius 3 is 2.62 bits per heavy atom. The van der Waals surface area contributed by atoms with Gasteiger partial charge in [0, 0.05) is 18.8 Å². The summed E-state index contributed by atoms with van der Waals surface area (Å²) in [7, 11) is 1.31.